The molecule has 0 aromatic carbocycles. The standard InChI is InChI=1S/C15H30N2S2/c1-14-4-8-16(10-12-18-14)6-3-7-17-9-5-15(2)19-13-11-17/h14-15H,3-13H2,1-2H3. The van der Waals surface area contributed by atoms with E-state index < -0.39 is 0 Å². The molecule has 0 spiro atoms. The number of nitrogens with zero attached hydrogens (tertiary/aromatic N) is 2. The Bertz CT molecular complexity index is 226. The highest BCUT2D eigenvalue weighted by atomic mass is 32.2. The molecule has 2 unspecified atom stereocenters. The normalized spacial score (nSPS) is 31.9. The molecule has 0 bridgehead atoms. The zero-order valence-corrected chi connectivity index (χ0v) is 14.3. The summed E-state index contributed by atoms with van der Waals surface area (Å²) in [4.78, 5) is 5.37. The molecule has 0 saturated carbocycles. The summed E-state index contributed by atoms with van der Waals surface area (Å²) in [5, 5.41) is 1.74. The van der Waals surface area contributed by atoms with E-state index in [1.54, 1.807) is 0 Å². The van der Waals surface area contributed by atoms with Gasteiger partial charge < -0.3 is 9.80 Å². The monoisotopic (exact) mass is 302 g/mol. The van der Waals surface area contributed by atoms with Crippen LogP contribution in [0.4, 0.5) is 0 Å². The van der Waals surface area contributed by atoms with Gasteiger partial charge in [0.05, 0.1) is 0 Å². The fourth-order valence-electron chi connectivity index (χ4n) is 2.85. The predicted molar refractivity (Wildman–Crippen MR) is 90.6 cm³/mol. The van der Waals surface area contributed by atoms with Crippen LogP contribution in [0.25, 0.3) is 0 Å². The molecule has 2 nitrogen and oxygen atoms in total. The quantitative estimate of drug-likeness (QED) is 0.787. The molecule has 2 aliphatic heterocycles. The summed E-state index contributed by atoms with van der Waals surface area (Å²) in [7, 11) is 0. The van der Waals surface area contributed by atoms with Crippen molar-refractivity contribution < 1.29 is 0 Å². The van der Waals surface area contributed by atoms with Crippen molar-refractivity contribution >= 4 is 23.5 Å². The van der Waals surface area contributed by atoms with Crippen LogP contribution in [0.3, 0.4) is 0 Å². The maximum absolute atomic E-state index is 2.69. The van der Waals surface area contributed by atoms with Gasteiger partial charge >= 0.3 is 0 Å². The van der Waals surface area contributed by atoms with Gasteiger partial charge in [0.1, 0.15) is 0 Å². The van der Waals surface area contributed by atoms with E-state index in [1.165, 1.54) is 70.0 Å². The molecule has 0 N–H and O–H groups in total. The van der Waals surface area contributed by atoms with Crippen molar-refractivity contribution in [2.45, 2.75) is 43.6 Å². The summed E-state index contributed by atoms with van der Waals surface area (Å²) in [6, 6.07) is 0. The summed E-state index contributed by atoms with van der Waals surface area (Å²) >= 11 is 4.30. The molecule has 0 aromatic rings. The van der Waals surface area contributed by atoms with Gasteiger partial charge in [0.15, 0.2) is 0 Å². The average Bonchev–Trinajstić information content (AvgIpc) is 2.71. The molecule has 0 radical (unpaired) electrons. The van der Waals surface area contributed by atoms with Crippen molar-refractivity contribution in [2.75, 3.05) is 50.8 Å². The topological polar surface area (TPSA) is 6.48 Å². The van der Waals surface area contributed by atoms with Crippen LogP contribution in [-0.4, -0.2) is 71.1 Å². The SMILES string of the molecule is CC1CCN(CCCN2CCSC(C)CC2)CCS1. The minimum absolute atomic E-state index is 0.870. The minimum atomic E-state index is 0.870. The highest BCUT2D eigenvalue weighted by Gasteiger charge is 2.16. The van der Waals surface area contributed by atoms with Gasteiger partial charge in [0.2, 0.25) is 0 Å². The molecular weight excluding hydrogens is 272 g/mol. The van der Waals surface area contributed by atoms with Gasteiger partial charge in [-0.15, -0.1) is 0 Å². The van der Waals surface area contributed by atoms with Crippen LogP contribution < -0.4 is 0 Å². The van der Waals surface area contributed by atoms with Gasteiger partial charge in [-0.3, -0.25) is 0 Å². The van der Waals surface area contributed by atoms with Crippen molar-refractivity contribution in [3.05, 3.63) is 0 Å². The van der Waals surface area contributed by atoms with Gasteiger partial charge in [0, 0.05) is 35.1 Å². The second kappa shape index (κ2) is 8.81. The van der Waals surface area contributed by atoms with E-state index >= 15 is 0 Å². The number of thioether (sulfide) groups is 2. The van der Waals surface area contributed by atoms with E-state index in [2.05, 4.69) is 47.2 Å². The molecule has 2 heterocycles. The molecule has 2 rings (SSSR count). The van der Waals surface area contributed by atoms with Crippen LogP contribution in [0.15, 0.2) is 0 Å². The Balaban J connectivity index is 1.60. The average molecular weight is 303 g/mol. The summed E-state index contributed by atoms with van der Waals surface area (Å²) in [5.41, 5.74) is 0. The van der Waals surface area contributed by atoms with Crippen LogP contribution in [0, 0.1) is 0 Å². The summed E-state index contributed by atoms with van der Waals surface area (Å²) in [6.07, 6.45) is 4.11. The van der Waals surface area contributed by atoms with Crippen molar-refractivity contribution in [3.63, 3.8) is 0 Å². The van der Waals surface area contributed by atoms with Crippen molar-refractivity contribution in [3.8, 4) is 0 Å². The number of rotatable bonds is 4. The van der Waals surface area contributed by atoms with E-state index in [9.17, 15) is 0 Å². The fourth-order valence-corrected chi connectivity index (χ4v) is 4.93. The van der Waals surface area contributed by atoms with E-state index in [-0.39, 0.29) is 0 Å². The van der Waals surface area contributed by atoms with Crippen molar-refractivity contribution in [2.24, 2.45) is 0 Å². The molecule has 2 saturated heterocycles. The third-order valence-corrected chi connectivity index (χ3v) is 6.72. The maximum Gasteiger partial charge on any atom is 0.00725 e. The summed E-state index contributed by atoms with van der Waals surface area (Å²) < 4.78 is 0. The predicted octanol–water partition coefficient (Wildman–Crippen LogP) is 3.03. The first-order valence-electron chi connectivity index (χ1n) is 7.92. The lowest BCUT2D eigenvalue weighted by Gasteiger charge is -2.23. The van der Waals surface area contributed by atoms with Gasteiger partial charge in [-0.2, -0.15) is 23.5 Å². The van der Waals surface area contributed by atoms with Crippen LogP contribution in [0.5, 0.6) is 0 Å². The summed E-state index contributed by atoms with van der Waals surface area (Å²) in [5.74, 6) is 2.66. The lowest BCUT2D eigenvalue weighted by Crippen LogP contribution is -2.32. The molecule has 2 aliphatic rings. The van der Waals surface area contributed by atoms with Crippen LogP contribution in [0.1, 0.15) is 33.1 Å². The third-order valence-electron chi connectivity index (χ3n) is 4.27. The molecule has 0 aliphatic carbocycles. The minimum Gasteiger partial charge on any atom is -0.302 e. The number of hydrogen-bond donors (Lipinski definition) is 0. The zero-order valence-electron chi connectivity index (χ0n) is 12.6. The molecule has 0 aromatic heterocycles. The van der Waals surface area contributed by atoms with E-state index in [0.29, 0.717) is 0 Å². The Morgan fingerprint density at radius 1 is 0.789 bits per heavy atom. The second-order valence-electron chi connectivity index (χ2n) is 5.98. The summed E-state index contributed by atoms with van der Waals surface area (Å²) in [6.45, 7) is 12.6. The maximum atomic E-state index is 2.69. The molecule has 0 amide bonds. The molecule has 112 valence electrons. The largest absolute Gasteiger partial charge is 0.302 e. The molecule has 19 heavy (non-hydrogen) atoms. The molecule has 2 fully saturated rings. The van der Waals surface area contributed by atoms with Gasteiger partial charge in [-0.1, -0.05) is 13.8 Å². The Hall–Kier alpha value is 0.620. The Kier molecular flexibility index (Phi) is 7.42. The van der Waals surface area contributed by atoms with Crippen LogP contribution in [-0.2, 0) is 0 Å². The van der Waals surface area contributed by atoms with Crippen molar-refractivity contribution in [1.29, 1.82) is 0 Å². The van der Waals surface area contributed by atoms with Gasteiger partial charge in [-0.25, -0.2) is 0 Å². The van der Waals surface area contributed by atoms with Crippen LogP contribution in [0.2, 0.25) is 0 Å². The van der Waals surface area contributed by atoms with E-state index in [4.69, 9.17) is 0 Å². The first-order chi connectivity index (χ1) is 9.24. The van der Waals surface area contributed by atoms with E-state index in [1.807, 2.05) is 0 Å². The van der Waals surface area contributed by atoms with E-state index in [0.717, 1.165) is 10.5 Å². The lowest BCUT2D eigenvalue weighted by atomic mass is 10.2. The molecular formula is C15H30N2S2. The van der Waals surface area contributed by atoms with Crippen molar-refractivity contribution in [1.82, 2.24) is 9.80 Å². The van der Waals surface area contributed by atoms with Gasteiger partial charge in [-0.05, 0) is 45.4 Å². The second-order valence-corrected chi connectivity index (χ2v) is 9.07. The highest BCUT2D eigenvalue weighted by Crippen LogP contribution is 2.20. The first kappa shape index (κ1) is 16.0. The zero-order chi connectivity index (χ0) is 13.5. The fraction of sp³-hybridized carbons (Fsp3) is 1.00. The first-order valence-corrected chi connectivity index (χ1v) is 10.0. The Morgan fingerprint density at radius 3 is 1.74 bits per heavy atom. The Labute approximate surface area is 128 Å². The highest BCUT2D eigenvalue weighted by molar-refractivity contribution is 8.00. The Morgan fingerprint density at radius 2 is 1.26 bits per heavy atom. The van der Waals surface area contributed by atoms with Crippen LogP contribution >= 0.6 is 23.5 Å². The third kappa shape index (κ3) is 6.28. The molecule has 4 heteroatoms. The lowest BCUT2D eigenvalue weighted by molar-refractivity contribution is 0.241. The number of hydrogen-bond acceptors (Lipinski definition) is 4. The smallest absolute Gasteiger partial charge is 0.00725 e. The van der Waals surface area contributed by atoms with Gasteiger partial charge in [0.25, 0.3) is 0 Å². The molecule has 2 atom stereocenters.